The van der Waals surface area contributed by atoms with E-state index in [9.17, 15) is 31.5 Å². The summed E-state index contributed by atoms with van der Waals surface area (Å²) in [6, 6.07) is 25.3. The summed E-state index contributed by atoms with van der Waals surface area (Å²) in [5.74, 6) is -4.99. The number of carbonyl (C=O) groups is 2. The molecule has 0 heterocycles. The third kappa shape index (κ3) is 9.71. The normalized spacial score (nSPS) is 13.5. The predicted molar refractivity (Wildman–Crippen MR) is 165 cm³/mol. The molecule has 0 fully saturated rings. The second-order valence-corrected chi connectivity index (χ2v) is 11.1. The van der Waals surface area contributed by atoms with Gasteiger partial charge in [-0.2, -0.15) is 13.2 Å². The Morgan fingerprint density at radius 3 is 2.11 bits per heavy atom. The molecule has 46 heavy (non-hydrogen) atoms. The lowest BCUT2D eigenvalue weighted by atomic mass is 9.92. The van der Waals surface area contributed by atoms with Gasteiger partial charge in [0.05, 0.1) is 6.04 Å². The van der Waals surface area contributed by atoms with Crippen molar-refractivity contribution in [3.63, 3.8) is 0 Å². The molecular formula is C36H35F5N2O3. The molecule has 0 spiro atoms. The number of alkyl halides is 3. The fraction of sp³-hybridized carbons (Fsp3) is 0.278. The van der Waals surface area contributed by atoms with Crippen LogP contribution in [0.25, 0.3) is 0 Å². The number of rotatable bonds is 13. The quantitative estimate of drug-likeness (QED) is 0.119. The number of aryl methyl sites for hydroxylation is 1. The molecule has 242 valence electrons. The van der Waals surface area contributed by atoms with Crippen LogP contribution in [0.1, 0.15) is 57.9 Å². The number of carbonyl (C=O) groups excluding carboxylic acids is 2. The van der Waals surface area contributed by atoms with Crippen molar-refractivity contribution in [2.45, 2.75) is 57.5 Å². The Balaban J connectivity index is 1.63. The van der Waals surface area contributed by atoms with Crippen molar-refractivity contribution in [3.8, 4) is 0 Å². The van der Waals surface area contributed by atoms with E-state index >= 15 is 0 Å². The van der Waals surface area contributed by atoms with E-state index in [-0.39, 0.29) is 36.6 Å². The molecule has 4 aromatic rings. The van der Waals surface area contributed by atoms with Crippen LogP contribution < -0.4 is 10.6 Å². The summed E-state index contributed by atoms with van der Waals surface area (Å²) >= 11 is 0. The maximum Gasteiger partial charge on any atom is 0.490 e. The third-order valence-electron chi connectivity index (χ3n) is 7.66. The van der Waals surface area contributed by atoms with Crippen LogP contribution in [0.2, 0.25) is 0 Å². The summed E-state index contributed by atoms with van der Waals surface area (Å²) in [6.45, 7) is 3.89. The first-order valence-electron chi connectivity index (χ1n) is 14.9. The highest BCUT2D eigenvalue weighted by Gasteiger charge is 2.43. The number of benzene rings is 4. The molecule has 0 saturated carbocycles. The first kappa shape index (κ1) is 34.3. The Labute approximate surface area is 264 Å². The lowest BCUT2D eigenvalue weighted by Crippen LogP contribution is -2.51. The fourth-order valence-corrected chi connectivity index (χ4v) is 5.18. The van der Waals surface area contributed by atoms with E-state index < -0.39 is 41.8 Å². The van der Waals surface area contributed by atoms with Crippen LogP contribution in [-0.2, 0) is 28.9 Å². The number of halogens is 5. The molecule has 0 aliphatic carbocycles. The average Bonchev–Trinajstić information content (AvgIpc) is 3.03. The van der Waals surface area contributed by atoms with Crippen molar-refractivity contribution < 1.29 is 36.3 Å². The topological polar surface area (TPSA) is 67.4 Å². The minimum atomic E-state index is -5.31. The number of ether oxygens (including phenoxy) is 1. The molecule has 0 aliphatic rings. The average molecular weight is 639 g/mol. The lowest BCUT2D eigenvalue weighted by Gasteiger charge is -2.29. The van der Waals surface area contributed by atoms with E-state index in [1.165, 1.54) is 0 Å². The van der Waals surface area contributed by atoms with Crippen LogP contribution in [0.5, 0.6) is 0 Å². The van der Waals surface area contributed by atoms with Crippen LogP contribution in [0.3, 0.4) is 0 Å². The lowest BCUT2D eigenvalue weighted by molar-refractivity contribution is -0.205. The van der Waals surface area contributed by atoms with Gasteiger partial charge in [-0.05, 0) is 64.9 Å². The van der Waals surface area contributed by atoms with Gasteiger partial charge < -0.3 is 15.4 Å². The summed E-state index contributed by atoms with van der Waals surface area (Å²) in [4.78, 5) is 25.7. The Hall–Kier alpha value is -4.57. The van der Waals surface area contributed by atoms with Crippen molar-refractivity contribution in [1.82, 2.24) is 10.6 Å². The van der Waals surface area contributed by atoms with Gasteiger partial charge in [0.25, 0.3) is 5.91 Å². The van der Waals surface area contributed by atoms with Gasteiger partial charge in [0.1, 0.15) is 17.7 Å². The van der Waals surface area contributed by atoms with Crippen molar-refractivity contribution in [3.05, 3.63) is 142 Å². The molecule has 0 aliphatic heterocycles. The number of amides is 1. The number of hydrogen-bond donors (Lipinski definition) is 2. The van der Waals surface area contributed by atoms with Crippen molar-refractivity contribution >= 4 is 11.9 Å². The minimum Gasteiger partial charge on any atom is -0.452 e. The highest BCUT2D eigenvalue weighted by molar-refractivity contribution is 5.94. The molecule has 10 heteroatoms. The molecule has 5 nitrogen and oxygen atoms in total. The summed E-state index contributed by atoms with van der Waals surface area (Å²) < 4.78 is 73.3. The molecule has 3 unspecified atom stereocenters. The highest BCUT2D eigenvalue weighted by Crippen LogP contribution is 2.25. The van der Waals surface area contributed by atoms with Gasteiger partial charge in [-0.3, -0.25) is 4.79 Å². The summed E-state index contributed by atoms with van der Waals surface area (Å²) in [5.41, 5.74) is 4.00. The first-order valence-corrected chi connectivity index (χ1v) is 14.9. The van der Waals surface area contributed by atoms with Crippen LogP contribution in [0.4, 0.5) is 22.0 Å². The van der Waals surface area contributed by atoms with Crippen LogP contribution in [0, 0.1) is 11.6 Å². The smallest absolute Gasteiger partial charge is 0.452 e. The number of esters is 1. The van der Waals surface area contributed by atoms with Gasteiger partial charge in [-0.1, -0.05) is 80.6 Å². The molecule has 0 radical (unpaired) electrons. The predicted octanol–water partition coefficient (Wildman–Crippen LogP) is 7.28. The van der Waals surface area contributed by atoms with E-state index in [4.69, 9.17) is 4.74 Å². The van der Waals surface area contributed by atoms with E-state index in [0.717, 1.165) is 40.8 Å². The van der Waals surface area contributed by atoms with Gasteiger partial charge in [0.15, 0.2) is 0 Å². The minimum absolute atomic E-state index is 0.0537. The largest absolute Gasteiger partial charge is 0.490 e. The molecular weight excluding hydrogens is 603 g/mol. The zero-order valence-electron chi connectivity index (χ0n) is 25.4. The van der Waals surface area contributed by atoms with E-state index in [0.29, 0.717) is 6.07 Å². The molecule has 1 amide bonds. The van der Waals surface area contributed by atoms with Crippen molar-refractivity contribution in [2.75, 3.05) is 6.54 Å². The SMILES string of the molecule is CCc1cccc(CNCC(OC(=O)C(F)(F)F)C(Cc2cc(F)cc(F)c2)NC(=O)c2cccc(C(C)c3ccccc3)c2)c1. The molecule has 4 rings (SSSR count). The second-order valence-electron chi connectivity index (χ2n) is 11.1. The highest BCUT2D eigenvalue weighted by atomic mass is 19.4. The molecule has 3 atom stereocenters. The second kappa shape index (κ2) is 15.6. The third-order valence-corrected chi connectivity index (χ3v) is 7.66. The van der Waals surface area contributed by atoms with Crippen LogP contribution >= 0.6 is 0 Å². The van der Waals surface area contributed by atoms with Gasteiger partial charge >= 0.3 is 12.1 Å². The Morgan fingerprint density at radius 1 is 0.783 bits per heavy atom. The summed E-state index contributed by atoms with van der Waals surface area (Å²) in [6.07, 6.45) is -6.42. The Kier molecular flexibility index (Phi) is 11.7. The molecule has 4 aromatic carbocycles. The van der Waals surface area contributed by atoms with Crippen LogP contribution in [0.15, 0.2) is 97.1 Å². The van der Waals surface area contributed by atoms with Crippen molar-refractivity contribution in [1.29, 1.82) is 0 Å². The Bertz CT molecular complexity index is 1610. The van der Waals surface area contributed by atoms with E-state index in [1.807, 2.05) is 74.5 Å². The summed E-state index contributed by atoms with van der Waals surface area (Å²) in [7, 11) is 0. The molecule has 2 N–H and O–H groups in total. The van der Waals surface area contributed by atoms with E-state index in [2.05, 4.69) is 10.6 Å². The number of hydrogen-bond acceptors (Lipinski definition) is 4. The number of nitrogens with one attached hydrogen (secondary N) is 2. The van der Waals surface area contributed by atoms with Crippen molar-refractivity contribution in [2.24, 2.45) is 0 Å². The maximum atomic E-state index is 14.1. The van der Waals surface area contributed by atoms with Gasteiger partial charge in [0, 0.05) is 30.6 Å². The van der Waals surface area contributed by atoms with Gasteiger partial charge in [-0.25, -0.2) is 13.6 Å². The van der Waals surface area contributed by atoms with E-state index in [1.54, 1.807) is 18.2 Å². The standard InChI is InChI=1S/C36H35F5N2O3/c1-3-24-9-7-10-25(15-24)21-42-22-33(46-35(45)36(39,40)41)32(18-26-16-30(37)20-31(38)17-26)43-34(44)29-14-8-13-28(19-29)23(2)27-11-5-4-6-12-27/h4-17,19-20,23,32-33,42H,3,18,21-22H2,1-2H3,(H,43,44). The Morgan fingerprint density at radius 2 is 1.43 bits per heavy atom. The zero-order valence-corrected chi connectivity index (χ0v) is 25.4. The maximum absolute atomic E-state index is 14.1. The zero-order chi connectivity index (χ0) is 33.3. The summed E-state index contributed by atoms with van der Waals surface area (Å²) in [5, 5.41) is 5.69. The first-order chi connectivity index (χ1) is 21.9. The van der Waals surface area contributed by atoms with Crippen LogP contribution in [-0.4, -0.2) is 36.7 Å². The van der Waals surface area contributed by atoms with Gasteiger partial charge in [0.2, 0.25) is 0 Å². The molecule has 0 saturated heterocycles. The monoisotopic (exact) mass is 638 g/mol. The molecule has 0 aromatic heterocycles. The fourth-order valence-electron chi connectivity index (χ4n) is 5.18. The van der Waals surface area contributed by atoms with Gasteiger partial charge in [-0.15, -0.1) is 0 Å². The molecule has 0 bridgehead atoms.